The molecule has 2 saturated carbocycles. The van der Waals surface area contributed by atoms with Gasteiger partial charge in [0.2, 0.25) is 0 Å². The molecule has 0 amide bonds. The Morgan fingerprint density at radius 3 is 2.83 bits per heavy atom. The molecule has 0 bridgehead atoms. The van der Waals surface area contributed by atoms with Crippen LogP contribution < -0.4 is 0 Å². The molecule has 18 heavy (non-hydrogen) atoms. The second kappa shape index (κ2) is 4.91. The predicted molar refractivity (Wildman–Crippen MR) is 73.1 cm³/mol. The lowest BCUT2D eigenvalue weighted by atomic mass is 9.56. The Labute approximate surface area is 110 Å². The van der Waals surface area contributed by atoms with Crippen LogP contribution in [0.4, 0.5) is 0 Å². The number of carbonyl (C=O) groups excluding carboxylic acids is 1. The fourth-order valence-corrected chi connectivity index (χ4v) is 3.83. The SMILES string of the molecule is C=C(C(=O)OC)C1CCC2(C)CCCC(=C)C2C1. The van der Waals surface area contributed by atoms with Gasteiger partial charge in [-0.25, -0.2) is 4.79 Å². The number of rotatable bonds is 2. The van der Waals surface area contributed by atoms with E-state index in [9.17, 15) is 4.79 Å². The Balaban J connectivity index is 2.11. The van der Waals surface area contributed by atoms with E-state index in [1.807, 2.05) is 0 Å². The van der Waals surface area contributed by atoms with E-state index in [4.69, 9.17) is 4.74 Å². The second-order valence-electron chi connectivity index (χ2n) is 6.21. The number of hydrogen-bond donors (Lipinski definition) is 0. The predicted octanol–water partition coefficient (Wildman–Crippen LogP) is 3.88. The van der Waals surface area contributed by atoms with Crippen molar-refractivity contribution in [2.75, 3.05) is 7.11 Å². The number of esters is 1. The first-order valence-corrected chi connectivity index (χ1v) is 6.93. The minimum absolute atomic E-state index is 0.245. The van der Waals surface area contributed by atoms with Crippen LogP contribution in [0.15, 0.2) is 24.3 Å². The van der Waals surface area contributed by atoms with E-state index in [0.29, 0.717) is 16.9 Å². The van der Waals surface area contributed by atoms with Crippen molar-refractivity contribution >= 4 is 5.97 Å². The Kier molecular flexibility index (Phi) is 3.65. The summed E-state index contributed by atoms with van der Waals surface area (Å²) < 4.78 is 4.79. The summed E-state index contributed by atoms with van der Waals surface area (Å²) in [6, 6.07) is 0. The third-order valence-corrected chi connectivity index (χ3v) is 5.10. The van der Waals surface area contributed by atoms with Crippen LogP contribution in [0.1, 0.15) is 45.4 Å². The summed E-state index contributed by atoms with van der Waals surface area (Å²) in [5, 5.41) is 0. The van der Waals surface area contributed by atoms with Crippen molar-refractivity contribution < 1.29 is 9.53 Å². The first-order valence-electron chi connectivity index (χ1n) is 6.93. The standard InChI is InChI=1S/C16H24O2/c1-11-6-5-8-16(3)9-7-13(10-14(11)16)12(2)15(17)18-4/h13-14H,1-2,5-10H2,3-4H3. The fraction of sp³-hybridized carbons (Fsp3) is 0.688. The summed E-state index contributed by atoms with van der Waals surface area (Å²) >= 11 is 0. The van der Waals surface area contributed by atoms with Crippen LogP contribution >= 0.6 is 0 Å². The molecule has 0 aliphatic heterocycles. The number of methoxy groups -OCH3 is 1. The number of allylic oxidation sites excluding steroid dienone is 1. The topological polar surface area (TPSA) is 26.3 Å². The highest BCUT2D eigenvalue weighted by atomic mass is 16.5. The van der Waals surface area contributed by atoms with E-state index in [1.54, 1.807) is 0 Å². The zero-order valence-corrected chi connectivity index (χ0v) is 11.6. The Morgan fingerprint density at radius 1 is 1.44 bits per heavy atom. The highest BCUT2D eigenvalue weighted by molar-refractivity contribution is 5.88. The van der Waals surface area contributed by atoms with Crippen molar-refractivity contribution in [1.82, 2.24) is 0 Å². The average molecular weight is 248 g/mol. The molecule has 100 valence electrons. The van der Waals surface area contributed by atoms with Crippen molar-refractivity contribution in [1.29, 1.82) is 0 Å². The molecule has 0 aromatic heterocycles. The Bertz CT molecular complexity index is 383. The summed E-state index contributed by atoms with van der Waals surface area (Å²) in [4.78, 5) is 11.6. The van der Waals surface area contributed by atoms with Gasteiger partial charge in [0, 0.05) is 5.57 Å². The molecule has 0 aromatic rings. The molecule has 0 N–H and O–H groups in total. The zero-order chi connectivity index (χ0) is 13.3. The molecule has 0 heterocycles. The van der Waals surface area contributed by atoms with Crippen LogP contribution in [0, 0.1) is 17.3 Å². The van der Waals surface area contributed by atoms with Crippen LogP contribution in [0.3, 0.4) is 0 Å². The summed E-state index contributed by atoms with van der Waals surface area (Å²) in [6.07, 6.45) is 7.00. The summed E-state index contributed by atoms with van der Waals surface area (Å²) in [5.41, 5.74) is 2.44. The molecule has 2 heteroatoms. The lowest BCUT2D eigenvalue weighted by Gasteiger charge is -2.48. The Morgan fingerprint density at radius 2 is 2.17 bits per heavy atom. The van der Waals surface area contributed by atoms with Crippen molar-refractivity contribution in [3.8, 4) is 0 Å². The van der Waals surface area contributed by atoms with Crippen LogP contribution in [0.2, 0.25) is 0 Å². The van der Waals surface area contributed by atoms with Crippen LogP contribution in [0.5, 0.6) is 0 Å². The number of carbonyl (C=O) groups is 1. The van der Waals surface area contributed by atoms with Crippen molar-refractivity contribution in [2.24, 2.45) is 17.3 Å². The molecule has 2 nitrogen and oxygen atoms in total. The lowest BCUT2D eigenvalue weighted by molar-refractivity contribution is -0.137. The summed E-state index contributed by atoms with van der Waals surface area (Å²) in [7, 11) is 1.43. The number of fused-ring (bicyclic) bond motifs is 1. The van der Waals surface area contributed by atoms with Gasteiger partial charge in [0.1, 0.15) is 0 Å². The largest absolute Gasteiger partial charge is 0.466 e. The van der Waals surface area contributed by atoms with Crippen LogP contribution in [-0.4, -0.2) is 13.1 Å². The third kappa shape index (κ3) is 2.25. The molecule has 0 saturated heterocycles. The van der Waals surface area contributed by atoms with Gasteiger partial charge in [-0.2, -0.15) is 0 Å². The quantitative estimate of drug-likeness (QED) is 0.421. The van der Waals surface area contributed by atoms with E-state index in [1.165, 1.54) is 31.9 Å². The zero-order valence-electron chi connectivity index (χ0n) is 11.6. The van der Waals surface area contributed by atoms with Gasteiger partial charge in [0.05, 0.1) is 7.11 Å². The third-order valence-electron chi connectivity index (χ3n) is 5.10. The molecule has 0 radical (unpaired) electrons. The molecule has 2 fully saturated rings. The van der Waals surface area contributed by atoms with Gasteiger partial charge in [-0.3, -0.25) is 0 Å². The van der Waals surface area contributed by atoms with Crippen LogP contribution in [-0.2, 0) is 9.53 Å². The highest BCUT2D eigenvalue weighted by Gasteiger charge is 2.44. The molecule has 2 aliphatic rings. The van der Waals surface area contributed by atoms with Gasteiger partial charge in [-0.15, -0.1) is 0 Å². The molecular weight excluding hydrogens is 224 g/mol. The molecule has 3 unspecified atom stereocenters. The monoisotopic (exact) mass is 248 g/mol. The van der Waals surface area contributed by atoms with Gasteiger partial charge in [0.15, 0.2) is 0 Å². The van der Waals surface area contributed by atoms with Crippen LogP contribution in [0.25, 0.3) is 0 Å². The fourth-order valence-electron chi connectivity index (χ4n) is 3.83. The molecular formula is C16H24O2. The number of ether oxygens (including phenoxy) is 1. The summed E-state index contributed by atoms with van der Waals surface area (Å²) in [6.45, 7) is 10.6. The van der Waals surface area contributed by atoms with Gasteiger partial charge in [-0.1, -0.05) is 25.7 Å². The van der Waals surface area contributed by atoms with E-state index >= 15 is 0 Å². The van der Waals surface area contributed by atoms with Crippen molar-refractivity contribution in [3.05, 3.63) is 24.3 Å². The normalized spacial score (nSPS) is 35.8. The van der Waals surface area contributed by atoms with Gasteiger partial charge >= 0.3 is 5.97 Å². The van der Waals surface area contributed by atoms with E-state index in [0.717, 1.165) is 19.3 Å². The Hall–Kier alpha value is -1.05. The second-order valence-corrected chi connectivity index (χ2v) is 6.21. The van der Waals surface area contributed by atoms with E-state index in [-0.39, 0.29) is 11.9 Å². The van der Waals surface area contributed by atoms with Gasteiger partial charge in [-0.05, 0) is 55.8 Å². The highest BCUT2D eigenvalue weighted by Crippen LogP contribution is 2.54. The van der Waals surface area contributed by atoms with E-state index in [2.05, 4.69) is 20.1 Å². The average Bonchev–Trinajstić information content (AvgIpc) is 2.36. The van der Waals surface area contributed by atoms with Gasteiger partial charge < -0.3 is 4.74 Å². The molecule has 3 atom stereocenters. The first kappa shape index (κ1) is 13.4. The van der Waals surface area contributed by atoms with Crippen molar-refractivity contribution in [3.63, 3.8) is 0 Å². The maximum Gasteiger partial charge on any atom is 0.333 e. The van der Waals surface area contributed by atoms with Crippen molar-refractivity contribution in [2.45, 2.75) is 45.4 Å². The van der Waals surface area contributed by atoms with E-state index < -0.39 is 0 Å². The molecule has 2 rings (SSSR count). The summed E-state index contributed by atoms with van der Waals surface area (Å²) in [5.74, 6) is 0.599. The molecule has 0 spiro atoms. The minimum atomic E-state index is -0.245. The smallest absolute Gasteiger partial charge is 0.333 e. The maximum absolute atomic E-state index is 11.6. The first-order chi connectivity index (χ1) is 8.48. The molecule has 0 aromatic carbocycles. The molecule has 2 aliphatic carbocycles. The van der Waals surface area contributed by atoms with Gasteiger partial charge in [0.25, 0.3) is 0 Å². The lowest BCUT2D eigenvalue weighted by Crippen LogP contribution is -2.39. The maximum atomic E-state index is 11.6. The minimum Gasteiger partial charge on any atom is -0.466 e. The number of hydrogen-bond acceptors (Lipinski definition) is 2.